The fourth-order valence-electron chi connectivity index (χ4n) is 3.22. The Labute approximate surface area is 140 Å². The molecular weight excluding hydrogens is 316 g/mol. The average molecular weight is 339 g/mol. The highest BCUT2D eigenvalue weighted by molar-refractivity contribution is 5.79. The molecule has 7 heteroatoms. The van der Waals surface area contributed by atoms with E-state index in [4.69, 9.17) is 5.73 Å². The molecule has 0 spiro atoms. The summed E-state index contributed by atoms with van der Waals surface area (Å²) in [5, 5.41) is 2.58. The number of benzene rings is 1. The molecule has 1 aromatic rings. The Kier molecular flexibility index (Phi) is 5.88. The Morgan fingerprint density at radius 2 is 2.12 bits per heavy atom. The maximum Gasteiger partial charge on any atom is 0.225 e. The minimum Gasteiger partial charge on any atom is -0.349 e. The van der Waals surface area contributed by atoms with Gasteiger partial charge in [0.1, 0.15) is 11.6 Å². The van der Waals surface area contributed by atoms with E-state index in [-0.39, 0.29) is 35.8 Å². The molecule has 2 amide bonds. The molecule has 0 saturated carbocycles. The third-order valence-corrected chi connectivity index (χ3v) is 4.41. The Bertz CT molecular complexity index is 624. The number of likely N-dealkylation sites (tertiary alicyclic amines) is 1. The van der Waals surface area contributed by atoms with E-state index in [0.717, 1.165) is 18.6 Å². The van der Waals surface area contributed by atoms with Crippen LogP contribution in [0.4, 0.5) is 8.78 Å². The fraction of sp³-hybridized carbons (Fsp3) is 0.529. The molecule has 24 heavy (non-hydrogen) atoms. The molecular formula is C17H23F2N3O2. The van der Waals surface area contributed by atoms with Crippen LogP contribution in [0, 0.1) is 17.6 Å². The van der Waals surface area contributed by atoms with Crippen LogP contribution in [0.15, 0.2) is 18.2 Å². The van der Waals surface area contributed by atoms with Gasteiger partial charge in [0.05, 0.1) is 12.5 Å². The number of rotatable bonds is 5. The van der Waals surface area contributed by atoms with Crippen molar-refractivity contribution in [1.29, 1.82) is 0 Å². The second-order valence-electron chi connectivity index (χ2n) is 6.36. The van der Waals surface area contributed by atoms with Gasteiger partial charge in [0.2, 0.25) is 11.8 Å². The van der Waals surface area contributed by atoms with Gasteiger partial charge in [0.25, 0.3) is 0 Å². The topological polar surface area (TPSA) is 75.4 Å². The quantitative estimate of drug-likeness (QED) is 0.858. The van der Waals surface area contributed by atoms with E-state index in [1.54, 1.807) is 4.90 Å². The number of nitrogens with one attached hydrogen (secondary N) is 1. The predicted molar refractivity (Wildman–Crippen MR) is 85.9 cm³/mol. The summed E-state index contributed by atoms with van der Waals surface area (Å²) in [5.41, 5.74) is 5.77. The first-order valence-electron chi connectivity index (χ1n) is 8.03. The van der Waals surface area contributed by atoms with Crippen LogP contribution in [0.3, 0.4) is 0 Å². The van der Waals surface area contributed by atoms with Gasteiger partial charge in [-0.2, -0.15) is 0 Å². The van der Waals surface area contributed by atoms with Crippen molar-refractivity contribution in [3.8, 4) is 0 Å². The summed E-state index contributed by atoms with van der Waals surface area (Å²) in [6.07, 6.45) is 0.752. The molecule has 0 aromatic heterocycles. The SMILES string of the molecule is CC(=O)NC(CC(=O)N1CC(CN)CC1C)c1ccc(F)cc1F. The van der Waals surface area contributed by atoms with Gasteiger partial charge in [-0.05, 0) is 31.9 Å². The summed E-state index contributed by atoms with van der Waals surface area (Å²) in [7, 11) is 0. The third-order valence-electron chi connectivity index (χ3n) is 4.41. The number of amides is 2. The number of carbonyl (C=O) groups excluding carboxylic acids is 2. The van der Waals surface area contributed by atoms with E-state index in [9.17, 15) is 18.4 Å². The van der Waals surface area contributed by atoms with Crippen LogP contribution in [-0.2, 0) is 9.59 Å². The molecule has 1 aliphatic heterocycles. The maximum atomic E-state index is 14.0. The highest BCUT2D eigenvalue weighted by Gasteiger charge is 2.33. The van der Waals surface area contributed by atoms with Crippen LogP contribution in [0.2, 0.25) is 0 Å². The van der Waals surface area contributed by atoms with Gasteiger partial charge < -0.3 is 16.0 Å². The lowest BCUT2D eigenvalue weighted by Gasteiger charge is -2.25. The lowest BCUT2D eigenvalue weighted by molar-refractivity contribution is -0.132. The van der Waals surface area contributed by atoms with Crippen LogP contribution in [0.5, 0.6) is 0 Å². The van der Waals surface area contributed by atoms with E-state index < -0.39 is 17.7 Å². The lowest BCUT2D eigenvalue weighted by atomic mass is 10.0. The zero-order chi connectivity index (χ0) is 17.9. The molecule has 2 rings (SSSR count). The largest absolute Gasteiger partial charge is 0.349 e. The van der Waals surface area contributed by atoms with Crippen molar-refractivity contribution in [1.82, 2.24) is 10.2 Å². The van der Waals surface area contributed by atoms with E-state index in [1.165, 1.54) is 13.0 Å². The van der Waals surface area contributed by atoms with Crippen LogP contribution in [0.1, 0.15) is 38.3 Å². The molecule has 3 unspecified atom stereocenters. The molecule has 1 saturated heterocycles. The molecule has 1 heterocycles. The van der Waals surface area contributed by atoms with Crippen molar-refractivity contribution < 1.29 is 18.4 Å². The fourth-order valence-corrected chi connectivity index (χ4v) is 3.22. The Morgan fingerprint density at radius 3 is 2.67 bits per heavy atom. The number of nitrogens with two attached hydrogens (primary N) is 1. The van der Waals surface area contributed by atoms with Gasteiger partial charge >= 0.3 is 0 Å². The first-order valence-corrected chi connectivity index (χ1v) is 8.03. The number of halogens is 2. The number of hydrogen-bond acceptors (Lipinski definition) is 3. The molecule has 0 bridgehead atoms. The van der Waals surface area contributed by atoms with Gasteiger partial charge in [-0.1, -0.05) is 6.07 Å². The van der Waals surface area contributed by atoms with Crippen molar-refractivity contribution in [3.63, 3.8) is 0 Å². The van der Waals surface area contributed by atoms with Crippen LogP contribution >= 0.6 is 0 Å². The molecule has 1 aromatic carbocycles. The van der Waals surface area contributed by atoms with Gasteiger partial charge in [0, 0.05) is 31.1 Å². The van der Waals surface area contributed by atoms with E-state index >= 15 is 0 Å². The summed E-state index contributed by atoms with van der Waals surface area (Å²) < 4.78 is 27.1. The van der Waals surface area contributed by atoms with Crippen LogP contribution in [0.25, 0.3) is 0 Å². The Balaban J connectivity index is 2.17. The highest BCUT2D eigenvalue weighted by atomic mass is 19.1. The minimum atomic E-state index is -0.834. The van der Waals surface area contributed by atoms with E-state index in [0.29, 0.717) is 13.1 Å². The smallest absolute Gasteiger partial charge is 0.225 e. The van der Waals surface area contributed by atoms with Gasteiger partial charge in [-0.3, -0.25) is 9.59 Å². The molecule has 132 valence electrons. The summed E-state index contributed by atoms with van der Waals surface area (Å²) >= 11 is 0. The molecule has 5 nitrogen and oxygen atoms in total. The van der Waals surface area contributed by atoms with E-state index in [1.807, 2.05) is 6.92 Å². The van der Waals surface area contributed by atoms with E-state index in [2.05, 4.69) is 5.32 Å². The first kappa shape index (κ1) is 18.3. The lowest BCUT2D eigenvalue weighted by Crippen LogP contribution is -2.38. The third kappa shape index (κ3) is 4.29. The summed E-state index contributed by atoms with van der Waals surface area (Å²) in [4.78, 5) is 25.7. The van der Waals surface area contributed by atoms with Crippen LogP contribution < -0.4 is 11.1 Å². The molecule has 0 aliphatic carbocycles. The predicted octanol–water partition coefficient (Wildman–Crippen LogP) is 1.73. The second kappa shape index (κ2) is 7.70. The van der Waals surface area contributed by atoms with Crippen molar-refractivity contribution in [2.24, 2.45) is 11.7 Å². The standard InChI is InChI=1S/C17H23F2N3O2/c1-10-5-12(8-20)9-22(10)17(24)7-16(21-11(2)23)14-4-3-13(18)6-15(14)19/h3-4,6,10,12,16H,5,7-9,20H2,1-2H3,(H,21,23). The molecule has 1 aliphatic rings. The average Bonchev–Trinajstić information content (AvgIpc) is 2.87. The van der Waals surface area contributed by atoms with Gasteiger partial charge in [-0.25, -0.2) is 8.78 Å². The van der Waals surface area contributed by atoms with Crippen molar-refractivity contribution >= 4 is 11.8 Å². The second-order valence-corrected chi connectivity index (χ2v) is 6.36. The summed E-state index contributed by atoms with van der Waals surface area (Å²) in [5.74, 6) is -1.79. The minimum absolute atomic E-state index is 0.0575. The first-order chi connectivity index (χ1) is 11.3. The Hall–Kier alpha value is -2.02. The maximum absolute atomic E-state index is 14.0. The molecule has 3 N–H and O–H groups in total. The molecule has 3 atom stereocenters. The normalized spacial score (nSPS) is 21.6. The highest BCUT2D eigenvalue weighted by Crippen LogP contribution is 2.27. The van der Waals surface area contributed by atoms with Gasteiger partial charge in [0.15, 0.2) is 0 Å². The monoisotopic (exact) mass is 339 g/mol. The molecule has 1 fully saturated rings. The van der Waals surface area contributed by atoms with Gasteiger partial charge in [-0.15, -0.1) is 0 Å². The number of hydrogen-bond donors (Lipinski definition) is 2. The van der Waals surface area contributed by atoms with Crippen molar-refractivity contribution in [2.75, 3.05) is 13.1 Å². The zero-order valence-electron chi connectivity index (χ0n) is 13.9. The molecule has 0 radical (unpaired) electrons. The number of nitrogens with zero attached hydrogens (tertiary/aromatic N) is 1. The summed E-state index contributed by atoms with van der Waals surface area (Å²) in [6.45, 7) is 4.31. The van der Waals surface area contributed by atoms with Crippen molar-refractivity contribution in [2.45, 2.75) is 38.8 Å². The Morgan fingerprint density at radius 1 is 1.42 bits per heavy atom. The van der Waals surface area contributed by atoms with Crippen LogP contribution in [-0.4, -0.2) is 35.8 Å². The summed E-state index contributed by atoms with van der Waals surface area (Å²) in [6, 6.07) is 2.34. The number of carbonyl (C=O) groups is 2. The van der Waals surface area contributed by atoms with Crippen molar-refractivity contribution in [3.05, 3.63) is 35.4 Å². The zero-order valence-corrected chi connectivity index (χ0v) is 13.9.